The largest absolute Gasteiger partial charge is 0.481 e. The van der Waals surface area contributed by atoms with Crippen molar-refractivity contribution in [3.8, 4) is 11.1 Å². The number of ether oxygens (including phenoxy) is 1. The number of carboxylic acid groups (broad SMARTS) is 1. The van der Waals surface area contributed by atoms with E-state index in [1.165, 1.54) is 0 Å². The number of aliphatic carboxylic acids is 1. The number of carboxylic acids is 1. The molecular weight excluding hydrogens is 432 g/mol. The maximum atomic E-state index is 12.7. The summed E-state index contributed by atoms with van der Waals surface area (Å²) in [7, 11) is 0. The Labute approximate surface area is 200 Å². The molecule has 1 aliphatic rings. The lowest BCUT2D eigenvalue weighted by Gasteiger charge is -2.27. The van der Waals surface area contributed by atoms with Gasteiger partial charge in [0.2, 0.25) is 5.91 Å². The lowest BCUT2D eigenvalue weighted by atomic mass is 9.88. The summed E-state index contributed by atoms with van der Waals surface area (Å²) in [6, 6.07) is 15.8. The van der Waals surface area contributed by atoms with Gasteiger partial charge in [-0.25, -0.2) is 4.79 Å². The van der Waals surface area contributed by atoms with Crippen molar-refractivity contribution in [1.29, 1.82) is 0 Å². The highest BCUT2D eigenvalue weighted by Crippen LogP contribution is 2.44. The molecule has 2 aromatic carbocycles. The number of alkyl carbamates (subject to hydrolysis) is 1. The number of hydrogen-bond donors (Lipinski definition) is 3. The summed E-state index contributed by atoms with van der Waals surface area (Å²) in [5, 5.41) is 14.6. The molecule has 0 aliphatic heterocycles. The summed E-state index contributed by atoms with van der Waals surface area (Å²) in [5.41, 5.74) is 4.60. The van der Waals surface area contributed by atoms with E-state index in [-0.39, 0.29) is 30.9 Å². The summed E-state index contributed by atoms with van der Waals surface area (Å²) in [6.07, 6.45) is -0.215. The molecule has 1 aliphatic carbocycles. The number of carbonyl (C=O) groups is 3. The van der Waals surface area contributed by atoms with Gasteiger partial charge < -0.3 is 20.5 Å². The van der Waals surface area contributed by atoms with Gasteiger partial charge >= 0.3 is 12.1 Å². The van der Waals surface area contributed by atoms with Crippen LogP contribution in [0.1, 0.15) is 51.2 Å². The van der Waals surface area contributed by atoms with E-state index < -0.39 is 29.9 Å². The van der Waals surface area contributed by atoms with E-state index in [1.54, 1.807) is 13.8 Å². The molecule has 34 heavy (non-hydrogen) atoms. The van der Waals surface area contributed by atoms with Crippen LogP contribution in [0.4, 0.5) is 4.79 Å². The Kier molecular flexibility index (Phi) is 8.31. The molecule has 0 heterocycles. The monoisotopic (exact) mass is 466 g/mol. The van der Waals surface area contributed by atoms with Gasteiger partial charge in [0.15, 0.2) is 0 Å². The fourth-order valence-electron chi connectivity index (χ4n) is 4.68. The standard InChI is InChI=1S/C27H34N2O5/c1-16(2)24(25(30)28-14-13-17(3)26(31)32)18(4)29-27(33)34-15-23-21-11-7-5-9-19(21)20-10-6-8-12-22(20)23/h5-12,16-18,23-24H,13-15H2,1-4H3,(H,28,30)(H,29,33)(H,31,32). The second-order valence-electron chi connectivity index (χ2n) is 9.35. The van der Waals surface area contributed by atoms with E-state index in [0.717, 1.165) is 22.3 Å². The average molecular weight is 467 g/mol. The van der Waals surface area contributed by atoms with Crippen LogP contribution in [0.15, 0.2) is 48.5 Å². The molecule has 0 saturated heterocycles. The topological polar surface area (TPSA) is 105 Å². The molecule has 3 rings (SSSR count). The molecule has 182 valence electrons. The molecule has 0 aromatic heterocycles. The molecular formula is C27H34N2O5. The van der Waals surface area contributed by atoms with E-state index in [0.29, 0.717) is 6.42 Å². The second-order valence-corrected chi connectivity index (χ2v) is 9.35. The molecule has 0 spiro atoms. The van der Waals surface area contributed by atoms with Gasteiger partial charge in [0.1, 0.15) is 6.61 Å². The number of nitrogens with one attached hydrogen (secondary N) is 2. The van der Waals surface area contributed by atoms with Crippen LogP contribution in [-0.4, -0.2) is 42.3 Å². The highest BCUT2D eigenvalue weighted by molar-refractivity contribution is 5.81. The Morgan fingerprint density at radius 2 is 1.50 bits per heavy atom. The number of fused-ring (bicyclic) bond motifs is 3. The van der Waals surface area contributed by atoms with E-state index in [1.807, 2.05) is 38.1 Å². The molecule has 2 aromatic rings. The third-order valence-electron chi connectivity index (χ3n) is 6.55. The molecule has 3 atom stereocenters. The van der Waals surface area contributed by atoms with Crippen LogP contribution in [0.25, 0.3) is 11.1 Å². The van der Waals surface area contributed by atoms with Crippen molar-refractivity contribution in [2.24, 2.45) is 17.8 Å². The van der Waals surface area contributed by atoms with Crippen molar-refractivity contribution >= 4 is 18.0 Å². The zero-order valence-electron chi connectivity index (χ0n) is 20.2. The van der Waals surface area contributed by atoms with Gasteiger partial charge in [-0.3, -0.25) is 9.59 Å². The number of amides is 2. The van der Waals surface area contributed by atoms with Gasteiger partial charge in [-0.1, -0.05) is 69.3 Å². The van der Waals surface area contributed by atoms with Crippen LogP contribution >= 0.6 is 0 Å². The Morgan fingerprint density at radius 1 is 0.941 bits per heavy atom. The van der Waals surface area contributed by atoms with Crippen molar-refractivity contribution in [2.45, 2.75) is 46.1 Å². The van der Waals surface area contributed by atoms with Crippen LogP contribution in [0, 0.1) is 17.8 Å². The molecule has 0 fully saturated rings. The first-order chi connectivity index (χ1) is 16.2. The Hall–Kier alpha value is -3.35. The van der Waals surface area contributed by atoms with Crippen molar-refractivity contribution in [2.75, 3.05) is 13.2 Å². The van der Waals surface area contributed by atoms with Crippen LogP contribution in [-0.2, 0) is 14.3 Å². The van der Waals surface area contributed by atoms with Crippen LogP contribution < -0.4 is 10.6 Å². The molecule has 3 N–H and O–H groups in total. The highest BCUT2D eigenvalue weighted by atomic mass is 16.5. The van der Waals surface area contributed by atoms with Crippen LogP contribution in [0.5, 0.6) is 0 Å². The molecule has 2 amide bonds. The van der Waals surface area contributed by atoms with E-state index >= 15 is 0 Å². The van der Waals surface area contributed by atoms with E-state index in [2.05, 4.69) is 34.9 Å². The van der Waals surface area contributed by atoms with Gasteiger partial charge in [-0.2, -0.15) is 0 Å². The Bertz CT molecular complexity index is 990. The summed E-state index contributed by atoms with van der Waals surface area (Å²) < 4.78 is 5.61. The lowest BCUT2D eigenvalue weighted by Crippen LogP contribution is -2.48. The summed E-state index contributed by atoms with van der Waals surface area (Å²) in [4.78, 5) is 36.3. The van der Waals surface area contributed by atoms with Crippen molar-refractivity contribution in [3.63, 3.8) is 0 Å². The SMILES string of the molecule is CC(CCNC(=O)C(C(C)C)C(C)NC(=O)OCC1c2ccccc2-c2ccccc21)C(=O)O. The third-order valence-corrected chi connectivity index (χ3v) is 6.55. The minimum atomic E-state index is -0.889. The summed E-state index contributed by atoms with van der Waals surface area (Å²) in [6.45, 7) is 7.70. The maximum Gasteiger partial charge on any atom is 0.407 e. The Morgan fingerprint density at radius 3 is 2.03 bits per heavy atom. The Balaban J connectivity index is 1.57. The normalized spacial score (nSPS) is 15.1. The zero-order chi connectivity index (χ0) is 24.8. The highest BCUT2D eigenvalue weighted by Gasteiger charge is 2.31. The number of hydrogen-bond acceptors (Lipinski definition) is 4. The van der Waals surface area contributed by atoms with E-state index in [9.17, 15) is 14.4 Å². The first kappa shape index (κ1) is 25.3. The number of benzene rings is 2. The lowest BCUT2D eigenvalue weighted by molar-refractivity contribution is -0.141. The predicted octanol–water partition coefficient (Wildman–Crippen LogP) is 4.41. The fraction of sp³-hybridized carbons (Fsp3) is 0.444. The fourth-order valence-corrected chi connectivity index (χ4v) is 4.68. The second kappa shape index (κ2) is 11.2. The van der Waals surface area contributed by atoms with Crippen LogP contribution in [0.2, 0.25) is 0 Å². The van der Waals surface area contributed by atoms with Gasteiger partial charge in [-0.15, -0.1) is 0 Å². The maximum absolute atomic E-state index is 12.7. The predicted molar refractivity (Wildman–Crippen MR) is 130 cm³/mol. The quantitative estimate of drug-likeness (QED) is 0.481. The van der Waals surface area contributed by atoms with Gasteiger partial charge in [0.25, 0.3) is 0 Å². The van der Waals surface area contributed by atoms with Gasteiger partial charge in [0, 0.05) is 18.5 Å². The van der Waals surface area contributed by atoms with E-state index in [4.69, 9.17) is 9.84 Å². The molecule has 3 unspecified atom stereocenters. The van der Waals surface area contributed by atoms with Crippen molar-refractivity contribution in [3.05, 3.63) is 59.7 Å². The first-order valence-electron chi connectivity index (χ1n) is 11.8. The molecule has 7 nitrogen and oxygen atoms in total. The first-order valence-corrected chi connectivity index (χ1v) is 11.8. The summed E-state index contributed by atoms with van der Waals surface area (Å²) in [5.74, 6) is -2.16. The zero-order valence-corrected chi connectivity index (χ0v) is 20.2. The molecule has 0 saturated carbocycles. The number of rotatable bonds is 10. The molecule has 7 heteroatoms. The molecule has 0 bridgehead atoms. The molecule has 0 radical (unpaired) electrons. The van der Waals surface area contributed by atoms with Crippen LogP contribution in [0.3, 0.4) is 0 Å². The minimum absolute atomic E-state index is 0.0271. The minimum Gasteiger partial charge on any atom is -0.481 e. The third kappa shape index (κ3) is 5.76. The van der Waals surface area contributed by atoms with Crippen molar-refractivity contribution in [1.82, 2.24) is 10.6 Å². The van der Waals surface area contributed by atoms with Gasteiger partial charge in [-0.05, 0) is 41.5 Å². The average Bonchev–Trinajstić information content (AvgIpc) is 3.11. The summed E-state index contributed by atoms with van der Waals surface area (Å²) >= 11 is 0. The van der Waals surface area contributed by atoms with Crippen molar-refractivity contribution < 1.29 is 24.2 Å². The van der Waals surface area contributed by atoms with Gasteiger partial charge in [0.05, 0.1) is 11.8 Å². The number of carbonyl (C=O) groups excluding carboxylic acids is 2. The smallest absolute Gasteiger partial charge is 0.407 e.